The van der Waals surface area contributed by atoms with E-state index in [9.17, 15) is 0 Å². The van der Waals surface area contributed by atoms with Crippen LogP contribution in [0, 0.1) is 6.92 Å². The minimum atomic E-state index is -0.309. The van der Waals surface area contributed by atoms with Gasteiger partial charge in [0.2, 0.25) is 0 Å². The molecule has 0 saturated carbocycles. The molecule has 0 amide bonds. The van der Waals surface area contributed by atoms with Crippen molar-refractivity contribution in [3.05, 3.63) is 35.4 Å². The molecule has 0 atom stereocenters. The Kier molecular flexibility index (Phi) is 3.95. The topological polar surface area (TPSA) is 30.5 Å². The zero-order valence-electron chi connectivity index (χ0n) is 8.57. The second kappa shape index (κ2) is 4.79. The molecule has 0 saturated heterocycles. The van der Waals surface area contributed by atoms with Gasteiger partial charge in [-0.05, 0) is 26.3 Å². The fourth-order valence-corrected chi connectivity index (χ4v) is 1.19. The van der Waals surface area contributed by atoms with Gasteiger partial charge in [-0.25, -0.2) is 0 Å². The third kappa shape index (κ3) is 2.99. The minimum absolute atomic E-state index is 0.309. The first-order valence-electron chi connectivity index (χ1n) is 4.37. The molecule has 0 aromatic heterocycles. The Morgan fingerprint density at radius 3 is 2.29 bits per heavy atom. The molecule has 0 spiro atoms. The SMILES string of the molecule is Cc1ccc(C(C)(C)NOOS)cc1. The molecule has 3 nitrogen and oxygen atoms in total. The molecule has 1 N–H and O–H groups in total. The smallest absolute Gasteiger partial charge is 0.0654 e. The molecule has 0 heterocycles. The van der Waals surface area contributed by atoms with Crippen LogP contribution in [0.2, 0.25) is 0 Å². The van der Waals surface area contributed by atoms with E-state index in [2.05, 4.69) is 46.8 Å². The highest BCUT2D eigenvalue weighted by molar-refractivity contribution is 7.74. The first-order chi connectivity index (χ1) is 6.56. The molecule has 0 unspecified atom stereocenters. The van der Waals surface area contributed by atoms with Crippen LogP contribution < -0.4 is 5.48 Å². The highest BCUT2D eigenvalue weighted by atomic mass is 32.1. The van der Waals surface area contributed by atoms with Gasteiger partial charge in [0.1, 0.15) is 0 Å². The summed E-state index contributed by atoms with van der Waals surface area (Å²) in [5, 5.41) is 0. The highest BCUT2D eigenvalue weighted by Gasteiger charge is 2.20. The number of thiol groups is 1. The second-order valence-electron chi connectivity index (χ2n) is 3.75. The number of aryl methyl sites for hydroxylation is 1. The van der Waals surface area contributed by atoms with Crippen molar-refractivity contribution in [3.63, 3.8) is 0 Å². The van der Waals surface area contributed by atoms with E-state index in [-0.39, 0.29) is 5.54 Å². The van der Waals surface area contributed by atoms with Crippen molar-refractivity contribution in [2.45, 2.75) is 26.3 Å². The van der Waals surface area contributed by atoms with Gasteiger partial charge in [0.25, 0.3) is 0 Å². The monoisotopic (exact) mass is 213 g/mol. The van der Waals surface area contributed by atoms with E-state index in [0.717, 1.165) is 5.56 Å². The lowest BCUT2D eigenvalue weighted by Crippen LogP contribution is -2.35. The van der Waals surface area contributed by atoms with Crippen LogP contribution in [0.3, 0.4) is 0 Å². The van der Waals surface area contributed by atoms with E-state index >= 15 is 0 Å². The summed E-state index contributed by atoms with van der Waals surface area (Å²) in [6.07, 6.45) is 0. The molecule has 1 rings (SSSR count). The van der Waals surface area contributed by atoms with E-state index in [1.165, 1.54) is 5.56 Å². The van der Waals surface area contributed by atoms with Crippen molar-refractivity contribution in [2.75, 3.05) is 0 Å². The standard InChI is InChI=1S/C10H15NO2S/c1-8-4-6-9(7-5-8)10(2,3)11-12-13-14/h4-7,11,14H,1-3H3. The van der Waals surface area contributed by atoms with Crippen LogP contribution in [0.5, 0.6) is 0 Å². The van der Waals surface area contributed by atoms with E-state index in [0.29, 0.717) is 0 Å². The lowest BCUT2D eigenvalue weighted by atomic mass is 9.95. The molecule has 1 aromatic rings. The molecule has 14 heavy (non-hydrogen) atoms. The van der Waals surface area contributed by atoms with Crippen LogP contribution in [0.25, 0.3) is 0 Å². The van der Waals surface area contributed by atoms with Gasteiger partial charge in [0.15, 0.2) is 0 Å². The number of hydrogen-bond acceptors (Lipinski definition) is 4. The fourth-order valence-electron chi connectivity index (χ4n) is 1.15. The van der Waals surface area contributed by atoms with Gasteiger partial charge in [0.05, 0.1) is 5.54 Å². The molecule has 0 aliphatic heterocycles. The first kappa shape index (κ1) is 11.5. The zero-order valence-corrected chi connectivity index (χ0v) is 9.47. The number of benzene rings is 1. The molecule has 0 aliphatic rings. The summed E-state index contributed by atoms with van der Waals surface area (Å²) in [4.78, 5) is 4.60. The third-order valence-electron chi connectivity index (χ3n) is 2.11. The van der Waals surface area contributed by atoms with Crippen molar-refractivity contribution in [3.8, 4) is 0 Å². The van der Waals surface area contributed by atoms with Gasteiger partial charge in [-0.2, -0.15) is 5.48 Å². The molecule has 0 aliphatic carbocycles. The Morgan fingerprint density at radius 1 is 1.21 bits per heavy atom. The lowest BCUT2D eigenvalue weighted by molar-refractivity contribution is -0.263. The van der Waals surface area contributed by atoms with Crippen molar-refractivity contribution in [1.29, 1.82) is 0 Å². The minimum Gasteiger partial charge on any atom is -0.159 e. The molecule has 0 fully saturated rings. The van der Waals surface area contributed by atoms with Crippen molar-refractivity contribution < 1.29 is 9.32 Å². The Bertz CT molecular complexity index is 285. The normalized spacial score (nSPS) is 11.7. The van der Waals surface area contributed by atoms with Crippen LogP contribution in [-0.2, 0) is 14.9 Å². The maximum absolute atomic E-state index is 4.60. The average Bonchev–Trinajstić information content (AvgIpc) is 2.16. The maximum atomic E-state index is 4.60. The molecule has 0 radical (unpaired) electrons. The Hall–Kier alpha value is -0.550. The van der Waals surface area contributed by atoms with Crippen LogP contribution in [0.15, 0.2) is 24.3 Å². The molecule has 0 bridgehead atoms. The largest absolute Gasteiger partial charge is 0.159 e. The van der Waals surface area contributed by atoms with Crippen molar-refractivity contribution in [2.24, 2.45) is 0 Å². The molecule has 78 valence electrons. The van der Waals surface area contributed by atoms with Crippen molar-refractivity contribution >= 4 is 12.9 Å². The van der Waals surface area contributed by atoms with Crippen LogP contribution in [-0.4, -0.2) is 0 Å². The first-order valence-corrected chi connectivity index (χ1v) is 4.74. The quantitative estimate of drug-likeness (QED) is 0.349. The summed E-state index contributed by atoms with van der Waals surface area (Å²) >= 11 is 3.48. The van der Waals surface area contributed by atoms with E-state index in [4.69, 9.17) is 0 Å². The van der Waals surface area contributed by atoms with Crippen LogP contribution in [0.4, 0.5) is 0 Å². The van der Waals surface area contributed by atoms with Gasteiger partial charge in [-0.3, -0.25) is 0 Å². The van der Waals surface area contributed by atoms with Crippen LogP contribution >= 0.6 is 12.9 Å². The maximum Gasteiger partial charge on any atom is 0.0654 e. The number of rotatable bonds is 4. The average molecular weight is 213 g/mol. The Morgan fingerprint density at radius 2 is 1.79 bits per heavy atom. The summed E-state index contributed by atoms with van der Waals surface area (Å²) in [7, 11) is 0. The Labute approximate surface area is 89.9 Å². The highest BCUT2D eigenvalue weighted by Crippen LogP contribution is 2.20. The zero-order chi connectivity index (χ0) is 10.6. The summed E-state index contributed by atoms with van der Waals surface area (Å²) in [6, 6.07) is 8.20. The summed E-state index contributed by atoms with van der Waals surface area (Å²) < 4.78 is 4.21. The van der Waals surface area contributed by atoms with E-state index in [1.807, 2.05) is 26.0 Å². The number of hydrogen-bond donors (Lipinski definition) is 2. The predicted octanol–water partition coefficient (Wildman–Crippen LogP) is 2.53. The lowest BCUT2D eigenvalue weighted by Gasteiger charge is -2.24. The summed E-state index contributed by atoms with van der Waals surface area (Å²) in [5.74, 6) is 0. The fraction of sp³-hybridized carbons (Fsp3) is 0.400. The molecular formula is C10H15NO2S. The van der Waals surface area contributed by atoms with E-state index in [1.54, 1.807) is 0 Å². The van der Waals surface area contributed by atoms with Crippen molar-refractivity contribution in [1.82, 2.24) is 5.48 Å². The van der Waals surface area contributed by atoms with Gasteiger partial charge in [-0.15, -0.1) is 9.32 Å². The summed E-state index contributed by atoms with van der Waals surface area (Å²) in [5.41, 5.74) is 4.79. The van der Waals surface area contributed by atoms with Gasteiger partial charge in [-0.1, -0.05) is 29.8 Å². The second-order valence-corrected chi connectivity index (χ2v) is 3.90. The number of nitrogens with one attached hydrogen (secondary N) is 1. The van der Waals surface area contributed by atoms with E-state index < -0.39 is 0 Å². The third-order valence-corrected chi connectivity index (χ3v) is 2.18. The molecule has 1 aromatic carbocycles. The van der Waals surface area contributed by atoms with Gasteiger partial charge < -0.3 is 0 Å². The van der Waals surface area contributed by atoms with Gasteiger partial charge >= 0.3 is 0 Å². The molecular weight excluding hydrogens is 198 g/mol. The van der Waals surface area contributed by atoms with Crippen LogP contribution in [0.1, 0.15) is 25.0 Å². The molecule has 4 heteroatoms. The number of hydroxylamine groups is 1. The summed E-state index contributed by atoms with van der Waals surface area (Å²) in [6.45, 7) is 6.03. The van der Waals surface area contributed by atoms with Gasteiger partial charge in [0, 0.05) is 12.9 Å². The predicted molar refractivity (Wildman–Crippen MR) is 58.5 cm³/mol. The Balaban J connectivity index is 2.75.